The van der Waals surface area contributed by atoms with E-state index in [1.54, 1.807) is 6.20 Å². The zero-order chi connectivity index (χ0) is 22.8. The first-order valence-corrected chi connectivity index (χ1v) is 11.1. The Hall–Kier alpha value is -3.91. The molecule has 0 radical (unpaired) electrons. The molecule has 0 fully saturated rings. The summed E-state index contributed by atoms with van der Waals surface area (Å²) in [4.78, 5) is 26.9. The molecule has 1 aromatic carbocycles. The summed E-state index contributed by atoms with van der Waals surface area (Å²) < 4.78 is 0. The van der Waals surface area contributed by atoms with Crippen LogP contribution in [0.3, 0.4) is 0 Å². The molecule has 4 N–H and O–H groups in total. The first kappa shape index (κ1) is 21.0. The maximum Gasteiger partial charge on any atom is 0.259 e. The first-order chi connectivity index (χ1) is 16.2. The number of fused-ring (bicyclic) bond motifs is 2. The highest BCUT2D eigenvalue weighted by molar-refractivity contribution is 5.95. The molecule has 33 heavy (non-hydrogen) atoms. The minimum Gasteiger partial charge on any atom is -0.395 e. The van der Waals surface area contributed by atoms with E-state index in [-0.39, 0.29) is 12.2 Å². The molecular formula is C25H26N6O2. The lowest BCUT2D eigenvalue weighted by molar-refractivity contribution is 0.302. The summed E-state index contributed by atoms with van der Waals surface area (Å²) in [5.74, 6) is 1.43. The second-order valence-corrected chi connectivity index (χ2v) is 8.01. The largest absolute Gasteiger partial charge is 0.395 e. The third-order valence-electron chi connectivity index (χ3n) is 5.95. The van der Waals surface area contributed by atoms with Crippen LogP contribution in [0.5, 0.6) is 0 Å². The smallest absolute Gasteiger partial charge is 0.259 e. The van der Waals surface area contributed by atoms with Gasteiger partial charge in [-0.2, -0.15) is 0 Å². The van der Waals surface area contributed by atoms with E-state index < -0.39 is 0 Å². The van der Waals surface area contributed by atoms with Crippen LogP contribution < -0.4 is 21.1 Å². The van der Waals surface area contributed by atoms with Crippen LogP contribution in [-0.2, 0) is 6.42 Å². The monoisotopic (exact) mass is 442 g/mol. The number of pyridine rings is 3. The van der Waals surface area contributed by atoms with Crippen molar-refractivity contribution < 1.29 is 5.11 Å². The lowest BCUT2D eigenvalue weighted by Crippen LogP contribution is -2.25. The van der Waals surface area contributed by atoms with Crippen molar-refractivity contribution in [3.05, 3.63) is 70.8 Å². The van der Waals surface area contributed by atoms with Crippen LogP contribution in [0.4, 0.5) is 23.0 Å². The van der Waals surface area contributed by atoms with Gasteiger partial charge in [0.2, 0.25) is 0 Å². The molecule has 4 aromatic rings. The number of benzene rings is 1. The summed E-state index contributed by atoms with van der Waals surface area (Å²) in [5, 5.41) is 17.2. The van der Waals surface area contributed by atoms with Crippen molar-refractivity contribution in [3.8, 4) is 11.3 Å². The zero-order valence-electron chi connectivity index (χ0n) is 18.4. The van der Waals surface area contributed by atoms with Gasteiger partial charge in [0.15, 0.2) is 0 Å². The van der Waals surface area contributed by atoms with E-state index in [0.717, 1.165) is 53.3 Å². The molecule has 168 valence electrons. The molecular weight excluding hydrogens is 416 g/mol. The molecule has 5 rings (SSSR count). The maximum atomic E-state index is 12.7. The molecule has 4 heterocycles. The van der Waals surface area contributed by atoms with Crippen molar-refractivity contribution in [2.24, 2.45) is 0 Å². The van der Waals surface area contributed by atoms with Crippen LogP contribution in [0.25, 0.3) is 22.0 Å². The van der Waals surface area contributed by atoms with Crippen molar-refractivity contribution in [1.29, 1.82) is 0 Å². The number of rotatable bonds is 7. The summed E-state index contributed by atoms with van der Waals surface area (Å²) in [6.07, 6.45) is 4.40. The molecule has 3 aromatic heterocycles. The molecule has 0 bridgehead atoms. The topological polar surface area (TPSA) is 106 Å². The fourth-order valence-corrected chi connectivity index (χ4v) is 4.25. The fourth-order valence-electron chi connectivity index (χ4n) is 4.25. The van der Waals surface area contributed by atoms with Gasteiger partial charge < -0.3 is 25.6 Å². The van der Waals surface area contributed by atoms with Gasteiger partial charge in [-0.15, -0.1) is 0 Å². The fraction of sp³-hybridized carbons (Fsp3) is 0.240. The number of nitrogens with one attached hydrogen (secondary N) is 3. The van der Waals surface area contributed by atoms with Crippen molar-refractivity contribution in [2.45, 2.75) is 13.3 Å². The number of aromatic amines is 1. The number of aliphatic hydroxyl groups excluding tert-OH is 1. The predicted molar refractivity (Wildman–Crippen MR) is 132 cm³/mol. The predicted octanol–water partition coefficient (Wildman–Crippen LogP) is 3.52. The Morgan fingerprint density at radius 3 is 2.82 bits per heavy atom. The molecule has 0 unspecified atom stereocenters. The summed E-state index contributed by atoms with van der Waals surface area (Å²) in [7, 11) is 0. The van der Waals surface area contributed by atoms with Gasteiger partial charge >= 0.3 is 0 Å². The Kier molecular flexibility index (Phi) is 5.66. The number of hydrogen-bond acceptors (Lipinski definition) is 7. The van der Waals surface area contributed by atoms with Gasteiger partial charge in [0.05, 0.1) is 17.7 Å². The van der Waals surface area contributed by atoms with E-state index in [4.69, 9.17) is 4.98 Å². The Morgan fingerprint density at radius 2 is 2.03 bits per heavy atom. The number of aromatic nitrogens is 3. The average Bonchev–Trinajstić information content (AvgIpc) is 3.31. The summed E-state index contributed by atoms with van der Waals surface area (Å²) in [5.41, 5.74) is 4.51. The van der Waals surface area contributed by atoms with Crippen molar-refractivity contribution in [2.75, 3.05) is 41.8 Å². The number of nitrogens with zero attached hydrogens (tertiary/aromatic N) is 3. The zero-order valence-corrected chi connectivity index (χ0v) is 18.4. The van der Waals surface area contributed by atoms with Gasteiger partial charge in [0.1, 0.15) is 11.6 Å². The third kappa shape index (κ3) is 4.12. The summed E-state index contributed by atoms with van der Waals surface area (Å²) in [6.45, 7) is 4.44. The number of H-pyrrole nitrogens is 1. The normalized spacial score (nSPS) is 12.4. The van der Waals surface area contributed by atoms with Crippen molar-refractivity contribution in [3.63, 3.8) is 0 Å². The lowest BCUT2D eigenvalue weighted by Gasteiger charge is -2.22. The molecule has 0 atom stereocenters. The maximum absolute atomic E-state index is 12.7. The molecule has 1 aliphatic heterocycles. The molecule has 8 heteroatoms. The Morgan fingerprint density at radius 1 is 1.18 bits per heavy atom. The second kappa shape index (κ2) is 8.91. The van der Waals surface area contributed by atoms with Crippen molar-refractivity contribution in [1.82, 2.24) is 15.0 Å². The highest BCUT2D eigenvalue weighted by Crippen LogP contribution is 2.30. The first-order valence-electron chi connectivity index (χ1n) is 11.1. The van der Waals surface area contributed by atoms with Crippen LogP contribution in [0.1, 0.15) is 12.5 Å². The van der Waals surface area contributed by atoms with E-state index in [1.165, 1.54) is 5.56 Å². The molecule has 0 saturated heterocycles. The minimum absolute atomic E-state index is 0.104. The van der Waals surface area contributed by atoms with Gasteiger partial charge in [0, 0.05) is 49.0 Å². The van der Waals surface area contributed by atoms with E-state index in [0.29, 0.717) is 17.7 Å². The minimum atomic E-state index is -0.193. The average molecular weight is 443 g/mol. The van der Waals surface area contributed by atoms with Crippen LogP contribution in [0, 0.1) is 0 Å². The number of aliphatic hydroxyl groups is 1. The van der Waals surface area contributed by atoms with Crippen LogP contribution in [-0.4, -0.2) is 46.3 Å². The highest BCUT2D eigenvalue weighted by atomic mass is 16.3. The van der Waals surface area contributed by atoms with Gasteiger partial charge in [0.25, 0.3) is 5.56 Å². The van der Waals surface area contributed by atoms with E-state index >= 15 is 0 Å². The number of hydrogen-bond donors (Lipinski definition) is 4. The highest BCUT2D eigenvalue weighted by Gasteiger charge is 2.16. The molecule has 8 nitrogen and oxygen atoms in total. The third-order valence-corrected chi connectivity index (χ3v) is 5.95. The van der Waals surface area contributed by atoms with Gasteiger partial charge in [-0.1, -0.05) is 0 Å². The summed E-state index contributed by atoms with van der Waals surface area (Å²) in [6, 6.07) is 13.8. The van der Waals surface area contributed by atoms with Gasteiger partial charge in [-0.05, 0) is 66.8 Å². The van der Waals surface area contributed by atoms with E-state index in [9.17, 15) is 9.90 Å². The Balaban J connectivity index is 1.54. The van der Waals surface area contributed by atoms with E-state index in [2.05, 4.69) is 38.5 Å². The van der Waals surface area contributed by atoms with Crippen LogP contribution >= 0.6 is 0 Å². The van der Waals surface area contributed by atoms with Crippen molar-refractivity contribution >= 4 is 33.8 Å². The molecule has 0 aliphatic carbocycles. The Bertz CT molecular complexity index is 1350. The van der Waals surface area contributed by atoms with Crippen LogP contribution in [0.2, 0.25) is 0 Å². The lowest BCUT2D eigenvalue weighted by atomic mass is 10.1. The number of anilines is 4. The SMILES string of the molecule is CCN(CCO)c1ccc(Nc2nc(-c3cnc4c(c3)CCN4)cc3cc[nH]c(=O)c23)cc1. The summed E-state index contributed by atoms with van der Waals surface area (Å²) >= 11 is 0. The Labute approximate surface area is 191 Å². The van der Waals surface area contributed by atoms with Crippen LogP contribution in [0.15, 0.2) is 59.7 Å². The number of likely N-dealkylation sites (N-methyl/N-ethyl adjacent to an activating group) is 1. The molecule has 1 aliphatic rings. The molecule has 0 amide bonds. The standard InChI is InChI=1S/C25H26N6O2/c1-2-31(11-12-32)20-5-3-19(4-6-20)29-24-22-16(7-10-27-25(22)33)14-21(30-24)18-13-17-8-9-26-23(17)28-15-18/h3-7,10,13-15,32H,2,8-9,11-12H2,1H3,(H,26,28)(H,27,33)(H,29,30). The van der Waals surface area contributed by atoms with E-state index in [1.807, 2.05) is 42.6 Å². The molecule has 0 saturated carbocycles. The molecule has 0 spiro atoms. The quantitative estimate of drug-likeness (QED) is 0.347. The van der Waals surface area contributed by atoms with Gasteiger partial charge in [-0.25, -0.2) is 9.97 Å². The van der Waals surface area contributed by atoms with Gasteiger partial charge in [-0.3, -0.25) is 4.79 Å². The second-order valence-electron chi connectivity index (χ2n) is 8.01.